The quantitative estimate of drug-likeness (QED) is 0.0195. The van der Waals surface area contributed by atoms with E-state index in [1.54, 1.807) is 6.08 Å². The van der Waals surface area contributed by atoms with E-state index in [9.17, 15) is 35.1 Å². The lowest BCUT2D eigenvalue weighted by atomic mass is 9.99. The molecular formula is C76H131NO10. The van der Waals surface area contributed by atoms with Gasteiger partial charge in [0.25, 0.3) is 0 Å². The zero-order chi connectivity index (χ0) is 63.1. The maximum absolute atomic E-state index is 13.5. The highest BCUT2D eigenvalue weighted by Crippen LogP contribution is 2.26. The summed E-state index contributed by atoms with van der Waals surface area (Å²) < 4.78 is 17.7. The van der Waals surface area contributed by atoms with E-state index in [1.807, 2.05) is 6.08 Å². The van der Waals surface area contributed by atoms with Crippen LogP contribution in [-0.4, -0.2) is 99.6 Å². The number of hydrogen-bond acceptors (Lipinski definition) is 10. The van der Waals surface area contributed by atoms with Gasteiger partial charge in [0.1, 0.15) is 24.4 Å². The maximum atomic E-state index is 13.5. The summed E-state index contributed by atoms with van der Waals surface area (Å²) in [6, 6.07) is -1.04. The molecule has 8 atom stereocenters. The highest BCUT2D eigenvalue weighted by atomic mass is 16.7. The molecule has 500 valence electrons. The van der Waals surface area contributed by atoms with Crippen molar-refractivity contribution in [2.75, 3.05) is 13.2 Å². The first-order chi connectivity index (χ1) is 42.7. The van der Waals surface area contributed by atoms with Crippen molar-refractivity contribution >= 4 is 11.9 Å². The molecule has 0 aromatic carbocycles. The van der Waals surface area contributed by atoms with E-state index in [0.29, 0.717) is 12.8 Å². The average molecular weight is 1220 g/mol. The Morgan fingerprint density at radius 2 is 0.828 bits per heavy atom. The Labute approximate surface area is 532 Å². The third-order valence-electron chi connectivity index (χ3n) is 16.2. The van der Waals surface area contributed by atoms with Crippen molar-refractivity contribution in [3.05, 3.63) is 109 Å². The number of hydrogen-bond donors (Lipinski definition) is 6. The van der Waals surface area contributed by atoms with E-state index in [-0.39, 0.29) is 19.4 Å². The monoisotopic (exact) mass is 1220 g/mol. The highest BCUT2D eigenvalue weighted by molar-refractivity contribution is 5.80. The van der Waals surface area contributed by atoms with Crippen LogP contribution < -0.4 is 5.32 Å². The first-order valence-electron chi connectivity index (χ1n) is 35.7. The lowest BCUT2D eigenvalue weighted by molar-refractivity contribution is -0.305. The largest absolute Gasteiger partial charge is 0.454 e. The summed E-state index contributed by atoms with van der Waals surface area (Å²) in [5.41, 5.74) is 0. The van der Waals surface area contributed by atoms with Gasteiger partial charge < -0.3 is 45.1 Å². The zero-order valence-corrected chi connectivity index (χ0v) is 55.6. The molecule has 1 heterocycles. The number of esters is 1. The van der Waals surface area contributed by atoms with Crippen LogP contribution in [0, 0.1) is 0 Å². The Morgan fingerprint density at radius 1 is 0.460 bits per heavy atom. The van der Waals surface area contributed by atoms with Crippen LogP contribution in [0.5, 0.6) is 0 Å². The number of aliphatic hydroxyl groups is 5. The van der Waals surface area contributed by atoms with Crippen molar-refractivity contribution in [2.45, 2.75) is 346 Å². The third-order valence-corrected chi connectivity index (χ3v) is 16.2. The molecule has 0 saturated carbocycles. The van der Waals surface area contributed by atoms with Crippen LogP contribution in [0.15, 0.2) is 109 Å². The molecule has 0 aromatic heterocycles. The molecule has 1 saturated heterocycles. The van der Waals surface area contributed by atoms with E-state index < -0.39 is 67.4 Å². The number of nitrogens with one attached hydrogen (secondary N) is 1. The number of rotatable bonds is 60. The van der Waals surface area contributed by atoms with Gasteiger partial charge in [0, 0.05) is 6.42 Å². The van der Waals surface area contributed by atoms with Gasteiger partial charge in [-0.25, -0.2) is 0 Å². The highest BCUT2D eigenvalue weighted by Gasteiger charge is 2.47. The average Bonchev–Trinajstić information content (AvgIpc) is 2.51. The minimum atomic E-state index is -1.62. The minimum absolute atomic E-state index is 0.113. The number of carbonyl (C=O) groups is 2. The van der Waals surface area contributed by atoms with Crippen LogP contribution in [0.25, 0.3) is 0 Å². The number of ether oxygens (including phenoxy) is 3. The second-order valence-corrected chi connectivity index (χ2v) is 24.2. The molecule has 6 N–H and O–H groups in total. The molecule has 1 amide bonds. The first-order valence-corrected chi connectivity index (χ1v) is 35.7. The fourth-order valence-electron chi connectivity index (χ4n) is 10.6. The van der Waals surface area contributed by atoms with Crippen LogP contribution in [-0.2, 0) is 23.8 Å². The molecule has 11 nitrogen and oxygen atoms in total. The number of amides is 1. The standard InChI is InChI=1S/C76H131NO10/c1-4-7-10-13-16-19-22-25-27-29-31-32-33-34-35-36-37-38-39-41-43-46-49-52-55-58-61-64-71(81)87-74-73(83)72(82)70(65-78)86-76(74)85-66-67(68(79)62-59-56-53-50-47-44-24-21-18-15-12-9-6-3)77-75(84)69(80)63-60-57-54-51-48-45-42-40-30-28-26-23-20-17-14-11-8-5-2/h7,10,16-17,19-20,25-28,31-32,34-35,40,42,59,62,67-70,72-74,76,78-80,82-83H,4-6,8-9,11-15,18,21-24,29-30,33,36-39,41,43-58,60-61,63-66H2,1-3H3,(H,77,84)/b10-7-,19-16-,20-17-,27-25-,28-26-,32-31-,35-34-,42-40-,62-59+. The number of aliphatic hydroxyl groups excluding tert-OH is 5. The number of unbranched alkanes of at least 4 members (excludes halogenated alkanes) is 30. The van der Waals surface area contributed by atoms with E-state index in [1.165, 1.54) is 128 Å². The summed E-state index contributed by atoms with van der Waals surface area (Å²) in [5, 5.41) is 57.2. The van der Waals surface area contributed by atoms with Gasteiger partial charge in [-0.1, -0.05) is 291 Å². The van der Waals surface area contributed by atoms with E-state index >= 15 is 0 Å². The van der Waals surface area contributed by atoms with Crippen LogP contribution in [0.4, 0.5) is 0 Å². The van der Waals surface area contributed by atoms with E-state index in [0.717, 1.165) is 122 Å². The Balaban J connectivity index is 2.59. The molecular weight excluding hydrogens is 1090 g/mol. The summed E-state index contributed by atoms with van der Waals surface area (Å²) in [7, 11) is 0. The summed E-state index contributed by atoms with van der Waals surface area (Å²) in [4.78, 5) is 26.7. The predicted molar refractivity (Wildman–Crippen MR) is 365 cm³/mol. The molecule has 87 heavy (non-hydrogen) atoms. The van der Waals surface area contributed by atoms with Crippen molar-refractivity contribution in [2.24, 2.45) is 0 Å². The second-order valence-electron chi connectivity index (χ2n) is 24.2. The van der Waals surface area contributed by atoms with E-state index in [4.69, 9.17) is 14.2 Å². The molecule has 1 rings (SSSR count). The molecule has 0 aliphatic carbocycles. The molecule has 11 heteroatoms. The third kappa shape index (κ3) is 49.7. The van der Waals surface area contributed by atoms with Crippen LogP contribution in [0.3, 0.4) is 0 Å². The van der Waals surface area contributed by atoms with Crippen LogP contribution in [0.2, 0.25) is 0 Å². The molecule has 8 unspecified atom stereocenters. The van der Waals surface area contributed by atoms with Crippen molar-refractivity contribution in [3.8, 4) is 0 Å². The van der Waals surface area contributed by atoms with Gasteiger partial charge in [-0.05, 0) is 109 Å². The topological polar surface area (TPSA) is 175 Å². The lowest BCUT2D eigenvalue weighted by Gasteiger charge is -2.41. The summed E-state index contributed by atoms with van der Waals surface area (Å²) >= 11 is 0. The Kier molecular flexibility index (Phi) is 58.4. The van der Waals surface area contributed by atoms with Crippen LogP contribution >= 0.6 is 0 Å². The fraction of sp³-hybridized carbons (Fsp3) is 0.737. The predicted octanol–water partition coefficient (Wildman–Crippen LogP) is 18.4. The molecule has 0 aromatic rings. The summed E-state index contributed by atoms with van der Waals surface area (Å²) in [5.74, 6) is -1.21. The molecule has 1 aliphatic rings. The Bertz CT molecular complexity index is 1830. The maximum Gasteiger partial charge on any atom is 0.306 e. The Morgan fingerprint density at radius 3 is 1.26 bits per heavy atom. The summed E-state index contributed by atoms with van der Waals surface area (Å²) in [6.45, 7) is 5.66. The lowest BCUT2D eigenvalue weighted by Crippen LogP contribution is -2.61. The van der Waals surface area contributed by atoms with Crippen molar-refractivity contribution in [1.29, 1.82) is 0 Å². The van der Waals surface area contributed by atoms with Crippen molar-refractivity contribution < 1.29 is 49.3 Å². The molecule has 0 radical (unpaired) electrons. The van der Waals surface area contributed by atoms with E-state index in [2.05, 4.69) is 123 Å². The van der Waals surface area contributed by atoms with Gasteiger partial charge in [0.05, 0.1) is 25.4 Å². The molecule has 1 aliphatic heterocycles. The van der Waals surface area contributed by atoms with Gasteiger partial charge >= 0.3 is 5.97 Å². The fourth-order valence-corrected chi connectivity index (χ4v) is 10.6. The second kappa shape index (κ2) is 62.5. The number of carbonyl (C=O) groups excluding carboxylic acids is 2. The minimum Gasteiger partial charge on any atom is -0.454 e. The van der Waals surface area contributed by atoms with Crippen molar-refractivity contribution in [1.82, 2.24) is 5.32 Å². The first kappa shape index (κ1) is 81.3. The van der Waals surface area contributed by atoms with Gasteiger partial charge in [-0.15, -0.1) is 0 Å². The smallest absolute Gasteiger partial charge is 0.306 e. The van der Waals surface area contributed by atoms with Gasteiger partial charge in [-0.2, -0.15) is 0 Å². The Hall–Kier alpha value is -3.68. The zero-order valence-electron chi connectivity index (χ0n) is 55.6. The number of allylic oxidation sites excluding steroid dienone is 17. The van der Waals surface area contributed by atoms with Gasteiger partial charge in [-0.3, -0.25) is 9.59 Å². The van der Waals surface area contributed by atoms with Gasteiger partial charge in [0.2, 0.25) is 5.91 Å². The molecule has 0 bridgehead atoms. The normalized spacial score (nSPS) is 18.9. The molecule has 0 spiro atoms. The van der Waals surface area contributed by atoms with Crippen LogP contribution in [0.1, 0.15) is 297 Å². The SMILES string of the molecule is CC/C=C\C/C=C\C/C=C\C/C=C\C/C=C\CCCCCCCCCCCCCC(=O)OC1C(OCC(NC(=O)C(O)CCCCCCC/C=C\C/C=C\C/C=C\CCCCC)C(O)/C=C/CCCCCCCCCCCCC)OC(CO)C(O)C1O. The summed E-state index contributed by atoms with van der Waals surface area (Å²) in [6.07, 6.45) is 75.5. The molecule has 1 fully saturated rings. The van der Waals surface area contributed by atoms with Gasteiger partial charge in [0.15, 0.2) is 12.4 Å². The van der Waals surface area contributed by atoms with Crippen molar-refractivity contribution in [3.63, 3.8) is 0 Å².